The van der Waals surface area contributed by atoms with Crippen LogP contribution in [0.5, 0.6) is 0 Å². The van der Waals surface area contributed by atoms with Gasteiger partial charge in [-0.2, -0.15) is 5.10 Å². The Bertz CT molecular complexity index is 530. The lowest BCUT2D eigenvalue weighted by Gasteiger charge is -2.12. The van der Waals surface area contributed by atoms with Crippen molar-refractivity contribution >= 4 is 11.5 Å². The summed E-state index contributed by atoms with van der Waals surface area (Å²) >= 11 is 0. The number of nitrogen functional groups attached to an aromatic ring is 1. The number of H-pyrrole nitrogens is 1. The summed E-state index contributed by atoms with van der Waals surface area (Å²) in [6.45, 7) is 1.07. The van der Waals surface area contributed by atoms with Crippen LogP contribution in [0.4, 0.5) is 11.5 Å². The van der Waals surface area contributed by atoms with Crippen molar-refractivity contribution in [3.8, 4) is 11.1 Å². The first-order valence-electron chi connectivity index (χ1n) is 5.39. The molecule has 3 rings (SSSR count). The second kappa shape index (κ2) is 3.27. The van der Waals surface area contributed by atoms with Gasteiger partial charge in [-0.25, -0.2) is 0 Å². The van der Waals surface area contributed by atoms with Crippen molar-refractivity contribution in [2.45, 2.75) is 6.42 Å². The van der Waals surface area contributed by atoms with Crippen molar-refractivity contribution in [2.75, 3.05) is 24.2 Å². The molecule has 0 atom stereocenters. The second-order valence-electron chi connectivity index (χ2n) is 4.17. The van der Waals surface area contributed by atoms with Crippen LogP contribution in [0.1, 0.15) is 5.56 Å². The van der Waals surface area contributed by atoms with Gasteiger partial charge < -0.3 is 10.6 Å². The third-order valence-electron chi connectivity index (χ3n) is 3.22. The molecule has 0 fully saturated rings. The van der Waals surface area contributed by atoms with E-state index in [1.807, 2.05) is 0 Å². The van der Waals surface area contributed by atoms with Crippen molar-refractivity contribution in [2.24, 2.45) is 0 Å². The molecule has 1 aromatic carbocycles. The lowest BCUT2D eigenvalue weighted by molar-refractivity contribution is 0.956. The summed E-state index contributed by atoms with van der Waals surface area (Å²) in [4.78, 5) is 2.27. The van der Waals surface area contributed by atoms with Gasteiger partial charge in [0.25, 0.3) is 0 Å². The number of nitrogens with two attached hydrogens (primary N) is 1. The van der Waals surface area contributed by atoms with Gasteiger partial charge in [-0.15, -0.1) is 0 Å². The number of nitrogens with zero attached hydrogens (tertiary/aromatic N) is 2. The summed E-state index contributed by atoms with van der Waals surface area (Å²) in [5.41, 5.74) is 10.8. The minimum absolute atomic E-state index is 0.642. The fraction of sp³-hybridized carbons (Fsp3) is 0.250. The Balaban J connectivity index is 2.20. The lowest BCUT2D eigenvalue weighted by atomic mass is 10.00. The van der Waals surface area contributed by atoms with E-state index >= 15 is 0 Å². The first-order valence-corrected chi connectivity index (χ1v) is 5.39. The molecule has 0 saturated carbocycles. The normalized spacial score (nSPS) is 14.2. The van der Waals surface area contributed by atoms with Crippen LogP contribution in [0.25, 0.3) is 11.1 Å². The van der Waals surface area contributed by atoms with Gasteiger partial charge in [0.15, 0.2) is 0 Å². The van der Waals surface area contributed by atoms with Gasteiger partial charge in [-0.3, -0.25) is 5.10 Å². The molecular formula is C12H14N4. The number of likely N-dealkylation sites (N-methyl/N-ethyl adjacent to an activating group) is 1. The minimum Gasteiger partial charge on any atom is -0.384 e. The largest absolute Gasteiger partial charge is 0.384 e. The van der Waals surface area contributed by atoms with Crippen LogP contribution in [-0.2, 0) is 6.42 Å². The molecule has 0 radical (unpaired) electrons. The molecule has 1 aliphatic rings. The Hall–Kier alpha value is -1.97. The summed E-state index contributed by atoms with van der Waals surface area (Å²) in [6, 6.07) is 6.34. The molecule has 4 nitrogen and oxygen atoms in total. The molecule has 0 bridgehead atoms. The molecule has 16 heavy (non-hydrogen) atoms. The summed E-state index contributed by atoms with van der Waals surface area (Å²) in [7, 11) is 2.12. The van der Waals surface area contributed by atoms with Gasteiger partial charge in [0.1, 0.15) is 5.82 Å². The van der Waals surface area contributed by atoms with Crippen LogP contribution in [0.3, 0.4) is 0 Å². The average Bonchev–Trinajstić information content (AvgIpc) is 2.86. The van der Waals surface area contributed by atoms with E-state index in [0.29, 0.717) is 5.82 Å². The van der Waals surface area contributed by atoms with E-state index in [-0.39, 0.29) is 0 Å². The van der Waals surface area contributed by atoms with Crippen LogP contribution in [0.15, 0.2) is 24.4 Å². The number of rotatable bonds is 1. The molecule has 2 aromatic rings. The third-order valence-corrected chi connectivity index (χ3v) is 3.22. The first kappa shape index (κ1) is 9.27. The number of benzene rings is 1. The maximum Gasteiger partial charge on any atom is 0.126 e. The third kappa shape index (κ3) is 1.19. The highest BCUT2D eigenvalue weighted by molar-refractivity contribution is 5.81. The molecule has 1 aromatic heterocycles. The molecule has 0 unspecified atom stereocenters. The molecule has 1 aliphatic heterocycles. The van der Waals surface area contributed by atoms with Crippen molar-refractivity contribution in [3.05, 3.63) is 30.0 Å². The van der Waals surface area contributed by atoms with E-state index in [9.17, 15) is 0 Å². The van der Waals surface area contributed by atoms with E-state index in [1.54, 1.807) is 6.20 Å². The number of anilines is 2. The Morgan fingerprint density at radius 2 is 2.25 bits per heavy atom. The molecule has 82 valence electrons. The zero-order valence-electron chi connectivity index (χ0n) is 9.20. The zero-order chi connectivity index (χ0) is 11.1. The Morgan fingerprint density at radius 1 is 1.38 bits per heavy atom. The van der Waals surface area contributed by atoms with Crippen LogP contribution in [0, 0.1) is 0 Å². The molecular weight excluding hydrogens is 200 g/mol. The Morgan fingerprint density at radius 3 is 3.00 bits per heavy atom. The predicted octanol–water partition coefficient (Wildman–Crippen LogP) is 1.65. The molecule has 0 saturated heterocycles. The van der Waals surface area contributed by atoms with Gasteiger partial charge in [-0.1, -0.05) is 12.1 Å². The first-order chi connectivity index (χ1) is 7.77. The quantitative estimate of drug-likeness (QED) is 0.759. The Labute approximate surface area is 94.1 Å². The molecule has 0 amide bonds. The number of hydrogen-bond donors (Lipinski definition) is 2. The number of aromatic amines is 1. The number of hydrogen-bond acceptors (Lipinski definition) is 3. The predicted molar refractivity (Wildman–Crippen MR) is 65.4 cm³/mol. The monoisotopic (exact) mass is 214 g/mol. The van der Waals surface area contributed by atoms with E-state index in [1.165, 1.54) is 16.8 Å². The summed E-state index contributed by atoms with van der Waals surface area (Å²) in [5, 5.41) is 6.76. The lowest BCUT2D eigenvalue weighted by Crippen LogP contribution is -2.12. The van der Waals surface area contributed by atoms with Gasteiger partial charge in [0.2, 0.25) is 0 Å². The fourth-order valence-corrected chi connectivity index (χ4v) is 2.36. The maximum absolute atomic E-state index is 5.87. The van der Waals surface area contributed by atoms with Crippen LogP contribution in [-0.4, -0.2) is 23.8 Å². The average molecular weight is 214 g/mol. The van der Waals surface area contributed by atoms with Crippen molar-refractivity contribution in [3.63, 3.8) is 0 Å². The molecule has 0 spiro atoms. The number of fused-ring (bicyclic) bond motifs is 1. The summed E-state index contributed by atoms with van der Waals surface area (Å²) < 4.78 is 0. The second-order valence-corrected chi connectivity index (χ2v) is 4.17. The van der Waals surface area contributed by atoms with E-state index < -0.39 is 0 Å². The highest BCUT2D eigenvalue weighted by atomic mass is 15.1. The van der Waals surface area contributed by atoms with E-state index in [0.717, 1.165) is 18.5 Å². The molecule has 0 aliphatic carbocycles. The fourth-order valence-electron chi connectivity index (χ4n) is 2.36. The van der Waals surface area contributed by atoms with Gasteiger partial charge in [0.05, 0.1) is 6.20 Å². The summed E-state index contributed by atoms with van der Waals surface area (Å²) in [5.74, 6) is 0.642. The van der Waals surface area contributed by atoms with Crippen LogP contribution < -0.4 is 10.6 Å². The van der Waals surface area contributed by atoms with Crippen molar-refractivity contribution in [1.29, 1.82) is 0 Å². The summed E-state index contributed by atoms with van der Waals surface area (Å²) in [6.07, 6.45) is 2.87. The van der Waals surface area contributed by atoms with Crippen LogP contribution in [0.2, 0.25) is 0 Å². The van der Waals surface area contributed by atoms with E-state index in [4.69, 9.17) is 5.73 Å². The SMILES string of the molecule is CN1CCc2c(-c3cn[nH]c3N)cccc21. The minimum atomic E-state index is 0.642. The maximum atomic E-state index is 5.87. The molecule has 2 heterocycles. The zero-order valence-corrected chi connectivity index (χ0v) is 9.20. The van der Waals surface area contributed by atoms with Gasteiger partial charge in [0, 0.05) is 24.8 Å². The van der Waals surface area contributed by atoms with Crippen molar-refractivity contribution < 1.29 is 0 Å². The van der Waals surface area contributed by atoms with Crippen molar-refractivity contribution in [1.82, 2.24) is 10.2 Å². The number of aromatic nitrogens is 2. The number of nitrogens with one attached hydrogen (secondary N) is 1. The Kier molecular flexibility index (Phi) is 1.89. The van der Waals surface area contributed by atoms with Gasteiger partial charge >= 0.3 is 0 Å². The highest BCUT2D eigenvalue weighted by Crippen LogP contribution is 2.36. The molecule has 3 N–H and O–H groups in total. The molecule has 4 heteroatoms. The standard InChI is InChI=1S/C12H14N4/c1-16-6-5-9-8(3-2-4-11(9)16)10-7-14-15-12(10)13/h2-4,7H,5-6H2,1H3,(H3,13,14,15). The topological polar surface area (TPSA) is 57.9 Å². The van der Waals surface area contributed by atoms with Gasteiger partial charge in [-0.05, 0) is 23.6 Å². The van der Waals surface area contributed by atoms with E-state index in [2.05, 4.69) is 40.3 Å². The highest BCUT2D eigenvalue weighted by Gasteiger charge is 2.20. The smallest absolute Gasteiger partial charge is 0.126 e. The van der Waals surface area contributed by atoms with Crippen LogP contribution >= 0.6 is 0 Å².